The van der Waals surface area contributed by atoms with Gasteiger partial charge in [-0.1, -0.05) is 11.6 Å². The van der Waals surface area contributed by atoms with Crippen LogP contribution in [0.5, 0.6) is 5.75 Å². The summed E-state index contributed by atoms with van der Waals surface area (Å²) < 4.78 is 6.15. The average Bonchev–Trinajstić information content (AvgIpc) is 1.97. The summed E-state index contributed by atoms with van der Waals surface area (Å²) in [5.74, 6) is 0.843. The number of hydrogen-bond donors (Lipinski definition) is 0. The SMILES string of the molecule is COc1cc(Cl)c(I)cc1C. The predicted molar refractivity (Wildman–Crippen MR) is 55.5 cm³/mol. The third-order valence-electron chi connectivity index (χ3n) is 1.44. The van der Waals surface area contributed by atoms with Gasteiger partial charge in [-0.2, -0.15) is 0 Å². The van der Waals surface area contributed by atoms with Crippen molar-refractivity contribution in [1.82, 2.24) is 0 Å². The zero-order chi connectivity index (χ0) is 8.43. The van der Waals surface area contributed by atoms with Gasteiger partial charge < -0.3 is 4.74 Å². The van der Waals surface area contributed by atoms with E-state index in [-0.39, 0.29) is 0 Å². The molecule has 1 rings (SSSR count). The number of benzene rings is 1. The van der Waals surface area contributed by atoms with E-state index in [1.165, 1.54) is 0 Å². The fourth-order valence-electron chi connectivity index (χ4n) is 0.848. The molecule has 1 aromatic rings. The molecule has 11 heavy (non-hydrogen) atoms. The first-order chi connectivity index (χ1) is 5.15. The van der Waals surface area contributed by atoms with Gasteiger partial charge >= 0.3 is 0 Å². The van der Waals surface area contributed by atoms with Crippen molar-refractivity contribution in [3.05, 3.63) is 26.3 Å². The standard InChI is InChI=1S/C8H8ClIO/c1-5-3-7(10)6(9)4-8(5)11-2/h3-4H,1-2H3. The number of rotatable bonds is 1. The lowest BCUT2D eigenvalue weighted by Crippen LogP contribution is -1.87. The van der Waals surface area contributed by atoms with Gasteiger partial charge in [-0.15, -0.1) is 0 Å². The third kappa shape index (κ3) is 1.99. The van der Waals surface area contributed by atoms with E-state index in [1.807, 2.05) is 19.1 Å². The molecule has 3 heteroatoms. The highest BCUT2D eigenvalue weighted by Gasteiger charge is 2.02. The summed E-state index contributed by atoms with van der Waals surface area (Å²) >= 11 is 8.07. The minimum absolute atomic E-state index is 0.744. The molecule has 0 radical (unpaired) electrons. The summed E-state index contributed by atoms with van der Waals surface area (Å²) in [6.45, 7) is 2.00. The second-order valence-electron chi connectivity index (χ2n) is 2.24. The summed E-state index contributed by atoms with van der Waals surface area (Å²) in [5, 5.41) is 0.744. The lowest BCUT2D eigenvalue weighted by molar-refractivity contribution is 0.411. The summed E-state index contributed by atoms with van der Waals surface area (Å²) in [5.41, 5.74) is 1.11. The molecule has 1 aromatic carbocycles. The van der Waals surface area contributed by atoms with Gasteiger partial charge in [0, 0.05) is 9.64 Å². The van der Waals surface area contributed by atoms with Crippen molar-refractivity contribution in [3.63, 3.8) is 0 Å². The van der Waals surface area contributed by atoms with Gasteiger partial charge in [0.15, 0.2) is 0 Å². The molecule has 0 fully saturated rings. The Hall–Kier alpha value is 0.0400. The van der Waals surface area contributed by atoms with Gasteiger partial charge in [0.2, 0.25) is 0 Å². The molecular weight excluding hydrogens is 274 g/mol. The van der Waals surface area contributed by atoms with Crippen LogP contribution in [-0.4, -0.2) is 7.11 Å². The summed E-state index contributed by atoms with van der Waals surface area (Å²) in [7, 11) is 1.64. The lowest BCUT2D eigenvalue weighted by atomic mass is 10.2. The van der Waals surface area contributed by atoms with Crippen LogP contribution in [0.15, 0.2) is 12.1 Å². The van der Waals surface area contributed by atoms with E-state index in [0.717, 1.165) is 19.9 Å². The zero-order valence-electron chi connectivity index (χ0n) is 6.32. The van der Waals surface area contributed by atoms with Gasteiger partial charge in [-0.25, -0.2) is 0 Å². The van der Waals surface area contributed by atoms with Gasteiger partial charge in [0.05, 0.1) is 12.1 Å². The monoisotopic (exact) mass is 282 g/mol. The zero-order valence-corrected chi connectivity index (χ0v) is 9.23. The maximum Gasteiger partial charge on any atom is 0.123 e. The third-order valence-corrected chi connectivity index (χ3v) is 2.96. The minimum Gasteiger partial charge on any atom is -0.496 e. The number of aryl methyl sites for hydroxylation is 1. The summed E-state index contributed by atoms with van der Waals surface area (Å²) in [6.07, 6.45) is 0. The lowest BCUT2D eigenvalue weighted by Gasteiger charge is -2.05. The van der Waals surface area contributed by atoms with Crippen molar-refractivity contribution in [2.45, 2.75) is 6.92 Å². The van der Waals surface area contributed by atoms with Crippen molar-refractivity contribution in [3.8, 4) is 5.75 Å². The fraction of sp³-hybridized carbons (Fsp3) is 0.250. The number of ether oxygens (including phenoxy) is 1. The largest absolute Gasteiger partial charge is 0.496 e. The maximum absolute atomic E-state index is 5.88. The molecule has 0 aliphatic carbocycles. The molecule has 0 spiro atoms. The molecule has 0 unspecified atom stereocenters. The molecule has 60 valence electrons. The van der Waals surface area contributed by atoms with Crippen LogP contribution in [0.2, 0.25) is 5.02 Å². The highest BCUT2D eigenvalue weighted by molar-refractivity contribution is 14.1. The predicted octanol–water partition coefficient (Wildman–Crippen LogP) is 3.26. The minimum atomic E-state index is 0.744. The van der Waals surface area contributed by atoms with E-state index in [1.54, 1.807) is 7.11 Å². The van der Waals surface area contributed by atoms with Gasteiger partial charge in [0.25, 0.3) is 0 Å². The Labute approximate surface area is 84.8 Å². The molecule has 0 aliphatic rings. The summed E-state index contributed by atoms with van der Waals surface area (Å²) in [4.78, 5) is 0. The van der Waals surface area contributed by atoms with Crippen LogP contribution in [-0.2, 0) is 0 Å². The molecule has 0 bridgehead atoms. The molecule has 0 saturated carbocycles. The highest BCUT2D eigenvalue weighted by atomic mass is 127. The second-order valence-corrected chi connectivity index (χ2v) is 3.81. The van der Waals surface area contributed by atoms with Crippen LogP contribution in [0.4, 0.5) is 0 Å². The highest BCUT2D eigenvalue weighted by Crippen LogP contribution is 2.27. The smallest absolute Gasteiger partial charge is 0.123 e. The van der Waals surface area contributed by atoms with Crippen molar-refractivity contribution < 1.29 is 4.74 Å². The van der Waals surface area contributed by atoms with Gasteiger partial charge in [-0.3, -0.25) is 0 Å². The van der Waals surface area contributed by atoms with Crippen LogP contribution in [0.3, 0.4) is 0 Å². The Morgan fingerprint density at radius 1 is 1.45 bits per heavy atom. The summed E-state index contributed by atoms with van der Waals surface area (Å²) in [6, 6.07) is 3.83. The van der Waals surface area contributed by atoms with E-state index in [4.69, 9.17) is 16.3 Å². The van der Waals surface area contributed by atoms with Crippen LogP contribution >= 0.6 is 34.2 Å². The van der Waals surface area contributed by atoms with Crippen molar-refractivity contribution in [2.24, 2.45) is 0 Å². The first kappa shape index (κ1) is 9.13. The van der Waals surface area contributed by atoms with E-state index in [0.29, 0.717) is 0 Å². The van der Waals surface area contributed by atoms with Crippen LogP contribution in [0.1, 0.15) is 5.56 Å². The molecule has 0 saturated heterocycles. The Morgan fingerprint density at radius 3 is 2.64 bits per heavy atom. The Balaban J connectivity index is 3.21. The molecule has 0 aliphatic heterocycles. The van der Waals surface area contributed by atoms with E-state index in [2.05, 4.69) is 22.6 Å². The normalized spacial score (nSPS) is 9.82. The molecular formula is C8H8ClIO. The van der Waals surface area contributed by atoms with Crippen LogP contribution < -0.4 is 4.74 Å². The molecule has 0 N–H and O–H groups in total. The van der Waals surface area contributed by atoms with E-state index >= 15 is 0 Å². The maximum atomic E-state index is 5.88. The molecule has 0 atom stereocenters. The average molecular weight is 283 g/mol. The Morgan fingerprint density at radius 2 is 2.09 bits per heavy atom. The number of hydrogen-bond acceptors (Lipinski definition) is 1. The first-order valence-corrected chi connectivity index (χ1v) is 4.60. The number of methoxy groups -OCH3 is 1. The van der Waals surface area contributed by atoms with E-state index < -0.39 is 0 Å². The fourth-order valence-corrected chi connectivity index (χ4v) is 1.62. The quantitative estimate of drug-likeness (QED) is 0.718. The number of halogens is 2. The van der Waals surface area contributed by atoms with Crippen LogP contribution in [0, 0.1) is 10.5 Å². The topological polar surface area (TPSA) is 9.23 Å². The second kappa shape index (κ2) is 3.63. The van der Waals surface area contributed by atoms with Crippen molar-refractivity contribution >= 4 is 34.2 Å². The van der Waals surface area contributed by atoms with Crippen molar-refractivity contribution in [2.75, 3.05) is 7.11 Å². The van der Waals surface area contributed by atoms with Crippen molar-refractivity contribution in [1.29, 1.82) is 0 Å². The van der Waals surface area contributed by atoms with E-state index in [9.17, 15) is 0 Å². The Bertz CT molecular complexity index is 273. The van der Waals surface area contributed by atoms with Gasteiger partial charge in [-0.05, 0) is 41.1 Å². The first-order valence-electron chi connectivity index (χ1n) is 3.15. The molecule has 0 heterocycles. The molecule has 0 aromatic heterocycles. The van der Waals surface area contributed by atoms with Gasteiger partial charge in [0.1, 0.15) is 5.75 Å². The Kier molecular flexibility index (Phi) is 3.01. The van der Waals surface area contributed by atoms with Crippen LogP contribution in [0.25, 0.3) is 0 Å². The molecule has 1 nitrogen and oxygen atoms in total. The molecule has 0 amide bonds.